The molecule has 0 aliphatic heterocycles. The van der Waals surface area contributed by atoms with Crippen molar-refractivity contribution in [3.8, 4) is 0 Å². The summed E-state index contributed by atoms with van der Waals surface area (Å²) < 4.78 is 0. The molecule has 1 fully saturated rings. The minimum absolute atomic E-state index is 0.139. The first kappa shape index (κ1) is 11.9. The van der Waals surface area contributed by atoms with Gasteiger partial charge in [0.1, 0.15) is 0 Å². The normalized spacial score (nSPS) is 19.8. The molecule has 1 aromatic rings. The van der Waals surface area contributed by atoms with Crippen LogP contribution in [0, 0.1) is 13.8 Å². The number of benzene rings is 1. The smallest absolute Gasteiger partial charge is 0.0441 e. The molecule has 16 heavy (non-hydrogen) atoms. The zero-order valence-corrected chi connectivity index (χ0v) is 10.9. The van der Waals surface area contributed by atoms with Crippen molar-refractivity contribution in [2.45, 2.75) is 51.5 Å². The summed E-state index contributed by atoms with van der Waals surface area (Å²) in [5.74, 6) is 0. The maximum atomic E-state index is 6.51. The number of halogens is 1. The Hall–Kier alpha value is -0.530. The molecule has 0 unspecified atom stereocenters. The number of hydrogen-bond donors (Lipinski definition) is 1. The molecule has 1 nitrogen and oxygen atoms in total. The second kappa shape index (κ2) is 4.38. The number of rotatable bonds is 1. The second-order valence-corrected chi connectivity index (χ2v) is 5.52. The van der Waals surface area contributed by atoms with Gasteiger partial charge in [-0.05, 0) is 49.4 Å². The van der Waals surface area contributed by atoms with E-state index in [2.05, 4.69) is 26.0 Å². The summed E-state index contributed by atoms with van der Waals surface area (Å²) >= 11 is 6.24. The third-order valence-corrected chi connectivity index (χ3v) is 4.32. The van der Waals surface area contributed by atoms with E-state index in [0.29, 0.717) is 0 Å². The Morgan fingerprint density at radius 1 is 1.12 bits per heavy atom. The molecular formula is C14H20ClN. The standard InChI is InChI=1S/C14H20ClN/c1-10-8-12(9-13(15)11(10)2)14(16)6-4-3-5-7-14/h8-9H,3-7,16H2,1-2H3. The van der Waals surface area contributed by atoms with Crippen molar-refractivity contribution in [1.29, 1.82) is 0 Å². The fourth-order valence-corrected chi connectivity index (χ4v) is 2.84. The van der Waals surface area contributed by atoms with Gasteiger partial charge in [0.15, 0.2) is 0 Å². The van der Waals surface area contributed by atoms with Crippen LogP contribution in [-0.2, 0) is 5.54 Å². The molecule has 2 heteroatoms. The Morgan fingerprint density at radius 2 is 1.75 bits per heavy atom. The molecule has 88 valence electrons. The molecule has 2 rings (SSSR count). The highest BCUT2D eigenvalue weighted by molar-refractivity contribution is 6.31. The van der Waals surface area contributed by atoms with E-state index in [0.717, 1.165) is 17.9 Å². The molecule has 1 aliphatic carbocycles. The van der Waals surface area contributed by atoms with Crippen molar-refractivity contribution in [2.75, 3.05) is 0 Å². The highest BCUT2D eigenvalue weighted by Gasteiger charge is 2.29. The molecule has 0 bridgehead atoms. The predicted octanol–water partition coefficient (Wildman–Crippen LogP) is 4.07. The molecule has 0 aromatic heterocycles. The van der Waals surface area contributed by atoms with Crippen molar-refractivity contribution in [1.82, 2.24) is 0 Å². The van der Waals surface area contributed by atoms with Crippen LogP contribution in [0.25, 0.3) is 0 Å². The van der Waals surface area contributed by atoms with Crippen molar-refractivity contribution >= 4 is 11.6 Å². The lowest BCUT2D eigenvalue weighted by molar-refractivity contribution is 0.302. The van der Waals surface area contributed by atoms with E-state index in [-0.39, 0.29) is 5.54 Å². The van der Waals surface area contributed by atoms with Gasteiger partial charge in [0.25, 0.3) is 0 Å². The monoisotopic (exact) mass is 237 g/mol. The third-order valence-electron chi connectivity index (χ3n) is 3.92. The lowest BCUT2D eigenvalue weighted by Crippen LogP contribution is -2.38. The van der Waals surface area contributed by atoms with E-state index in [1.165, 1.54) is 36.0 Å². The van der Waals surface area contributed by atoms with Gasteiger partial charge >= 0.3 is 0 Å². The van der Waals surface area contributed by atoms with Crippen LogP contribution in [-0.4, -0.2) is 0 Å². The fraction of sp³-hybridized carbons (Fsp3) is 0.571. The topological polar surface area (TPSA) is 26.0 Å². The molecule has 2 N–H and O–H groups in total. The molecule has 0 spiro atoms. The van der Waals surface area contributed by atoms with Crippen LogP contribution in [0.5, 0.6) is 0 Å². The molecule has 1 saturated carbocycles. The fourth-order valence-electron chi connectivity index (χ4n) is 2.58. The van der Waals surface area contributed by atoms with Crippen molar-refractivity contribution in [2.24, 2.45) is 5.73 Å². The quantitative estimate of drug-likeness (QED) is 0.783. The summed E-state index contributed by atoms with van der Waals surface area (Å²) in [6, 6.07) is 4.28. The first-order valence-electron chi connectivity index (χ1n) is 6.09. The summed E-state index contributed by atoms with van der Waals surface area (Å²) in [5, 5.41) is 0.852. The molecule has 0 amide bonds. The van der Waals surface area contributed by atoms with E-state index in [9.17, 15) is 0 Å². The van der Waals surface area contributed by atoms with Gasteiger partial charge < -0.3 is 5.73 Å². The molecular weight excluding hydrogens is 218 g/mol. The van der Waals surface area contributed by atoms with Crippen LogP contribution in [0.1, 0.15) is 48.8 Å². The average molecular weight is 238 g/mol. The molecule has 0 atom stereocenters. The zero-order valence-electron chi connectivity index (χ0n) is 10.1. The first-order chi connectivity index (χ1) is 7.53. The van der Waals surface area contributed by atoms with Crippen LogP contribution in [0.15, 0.2) is 12.1 Å². The van der Waals surface area contributed by atoms with Gasteiger partial charge in [-0.15, -0.1) is 0 Å². The van der Waals surface area contributed by atoms with Crippen LogP contribution < -0.4 is 5.73 Å². The summed E-state index contributed by atoms with van der Waals surface area (Å²) in [5.41, 5.74) is 10.0. The van der Waals surface area contributed by atoms with Crippen LogP contribution in [0.4, 0.5) is 0 Å². The van der Waals surface area contributed by atoms with Gasteiger partial charge in [0.2, 0.25) is 0 Å². The largest absolute Gasteiger partial charge is 0.321 e. The summed E-state index contributed by atoms with van der Waals surface area (Å²) in [7, 11) is 0. The summed E-state index contributed by atoms with van der Waals surface area (Å²) in [6.45, 7) is 4.17. The van der Waals surface area contributed by atoms with Gasteiger partial charge in [-0.2, -0.15) is 0 Å². The van der Waals surface area contributed by atoms with Crippen molar-refractivity contribution in [3.05, 3.63) is 33.8 Å². The minimum Gasteiger partial charge on any atom is -0.321 e. The Bertz CT molecular complexity index is 369. The van der Waals surface area contributed by atoms with E-state index in [1.54, 1.807) is 0 Å². The van der Waals surface area contributed by atoms with Gasteiger partial charge in [-0.3, -0.25) is 0 Å². The molecule has 0 heterocycles. The maximum Gasteiger partial charge on any atom is 0.0441 e. The number of hydrogen-bond acceptors (Lipinski definition) is 1. The molecule has 0 saturated heterocycles. The summed E-state index contributed by atoms with van der Waals surface area (Å²) in [6.07, 6.45) is 5.97. The van der Waals surface area contributed by atoms with E-state index >= 15 is 0 Å². The minimum atomic E-state index is -0.139. The molecule has 1 aromatic carbocycles. The average Bonchev–Trinajstić information content (AvgIpc) is 2.26. The van der Waals surface area contributed by atoms with Crippen molar-refractivity contribution < 1.29 is 0 Å². The maximum absolute atomic E-state index is 6.51. The Morgan fingerprint density at radius 3 is 2.31 bits per heavy atom. The van der Waals surface area contributed by atoms with Crippen LogP contribution >= 0.6 is 11.6 Å². The van der Waals surface area contributed by atoms with E-state index in [1.807, 2.05) is 0 Å². The molecule has 0 radical (unpaired) electrons. The first-order valence-corrected chi connectivity index (χ1v) is 6.47. The SMILES string of the molecule is Cc1cc(C2(N)CCCCC2)cc(Cl)c1C. The van der Waals surface area contributed by atoms with Gasteiger partial charge in [0, 0.05) is 10.6 Å². The number of nitrogens with two attached hydrogens (primary N) is 1. The molecule has 1 aliphatic rings. The van der Waals surface area contributed by atoms with Gasteiger partial charge in [-0.25, -0.2) is 0 Å². The third kappa shape index (κ3) is 2.11. The zero-order chi connectivity index (χ0) is 11.8. The summed E-state index contributed by atoms with van der Waals surface area (Å²) in [4.78, 5) is 0. The Balaban J connectivity index is 2.39. The van der Waals surface area contributed by atoms with Gasteiger partial charge in [-0.1, -0.05) is 36.9 Å². The Labute approximate surface area is 103 Å². The predicted molar refractivity (Wildman–Crippen MR) is 69.9 cm³/mol. The highest BCUT2D eigenvalue weighted by Crippen LogP contribution is 2.37. The van der Waals surface area contributed by atoms with Crippen LogP contribution in [0.3, 0.4) is 0 Å². The highest BCUT2D eigenvalue weighted by atomic mass is 35.5. The van der Waals surface area contributed by atoms with E-state index in [4.69, 9.17) is 17.3 Å². The Kier molecular flexibility index (Phi) is 3.27. The van der Waals surface area contributed by atoms with E-state index < -0.39 is 0 Å². The van der Waals surface area contributed by atoms with Crippen LogP contribution in [0.2, 0.25) is 5.02 Å². The van der Waals surface area contributed by atoms with Crippen molar-refractivity contribution in [3.63, 3.8) is 0 Å². The lowest BCUT2D eigenvalue weighted by atomic mass is 9.77. The lowest BCUT2D eigenvalue weighted by Gasteiger charge is -2.34. The van der Waals surface area contributed by atoms with Gasteiger partial charge in [0.05, 0.1) is 0 Å². The number of aryl methyl sites for hydroxylation is 1. The second-order valence-electron chi connectivity index (χ2n) is 5.12.